The number of carbonyl (C=O) groups is 1. The Balaban J connectivity index is 2.03. The molecule has 0 radical (unpaired) electrons. The smallest absolute Gasteiger partial charge is 0.266 e. The van der Waals surface area contributed by atoms with E-state index in [1.807, 2.05) is 12.1 Å². The highest BCUT2D eigenvalue weighted by Crippen LogP contribution is 2.38. The van der Waals surface area contributed by atoms with Crippen LogP contribution >= 0.6 is 22.9 Å². The molecule has 0 saturated carbocycles. The standard InChI is InChI=1S/C13H13ClN2O2S/c14-8-2-1-3-9-10(8)11(15)12(19-9)13(17)16-4-6-18-7-5-16/h1-3H,4-7,15H2. The van der Waals surface area contributed by atoms with E-state index in [-0.39, 0.29) is 5.91 Å². The molecule has 1 aromatic carbocycles. The van der Waals surface area contributed by atoms with Crippen molar-refractivity contribution >= 4 is 44.6 Å². The number of ether oxygens (including phenoxy) is 1. The fraction of sp³-hybridized carbons (Fsp3) is 0.308. The number of hydrogen-bond acceptors (Lipinski definition) is 4. The van der Waals surface area contributed by atoms with Crippen molar-refractivity contribution in [1.82, 2.24) is 4.90 Å². The molecule has 1 amide bonds. The van der Waals surface area contributed by atoms with Crippen LogP contribution in [0.1, 0.15) is 9.67 Å². The van der Waals surface area contributed by atoms with Crippen molar-refractivity contribution in [3.63, 3.8) is 0 Å². The maximum Gasteiger partial charge on any atom is 0.266 e. The lowest BCUT2D eigenvalue weighted by atomic mass is 10.2. The summed E-state index contributed by atoms with van der Waals surface area (Å²) < 4.78 is 6.20. The lowest BCUT2D eigenvalue weighted by Gasteiger charge is -2.26. The maximum atomic E-state index is 12.5. The van der Waals surface area contributed by atoms with Gasteiger partial charge in [0.05, 0.1) is 23.9 Å². The minimum absolute atomic E-state index is 0.0296. The lowest BCUT2D eigenvalue weighted by molar-refractivity contribution is 0.0307. The van der Waals surface area contributed by atoms with Crippen molar-refractivity contribution < 1.29 is 9.53 Å². The Hall–Kier alpha value is -1.30. The van der Waals surface area contributed by atoms with Crippen LogP contribution in [-0.2, 0) is 4.74 Å². The number of nitrogen functional groups attached to an aromatic ring is 1. The van der Waals surface area contributed by atoms with Crippen LogP contribution in [0.4, 0.5) is 5.69 Å². The Labute approximate surface area is 119 Å². The maximum absolute atomic E-state index is 12.5. The number of morpholine rings is 1. The van der Waals surface area contributed by atoms with Crippen LogP contribution < -0.4 is 5.73 Å². The topological polar surface area (TPSA) is 55.6 Å². The van der Waals surface area contributed by atoms with E-state index in [2.05, 4.69) is 0 Å². The molecule has 0 atom stereocenters. The highest BCUT2D eigenvalue weighted by molar-refractivity contribution is 7.21. The molecule has 1 aromatic heterocycles. The molecule has 100 valence electrons. The molecule has 2 aromatic rings. The van der Waals surface area contributed by atoms with E-state index in [9.17, 15) is 4.79 Å². The van der Waals surface area contributed by atoms with Crippen LogP contribution in [0.5, 0.6) is 0 Å². The number of hydrogen-bond donors (Lipinski definition) is 1. The number of nitrogens with zero attached hydrogens (tertiary/aromatic N) is 1. The summed E-state index contributed by atoms with van der Waals surface area (Å²) >= 11 is 7.55. The molecule has 0 bridgehead atoms. The summed E-state index contributed by atoms with van der Waals surface area (Å²) in [6.07, 6.45) is 0. The average Bonchev–Trinajstić information content (AvgIpc) is 2.78. The van der Waals surface area contributed by atoms with Crippen molar-refractivity contribution in [2.24, 2.45) is 0 Å². The van der Waals surface area contributed by atoms with Crippen LogP contribution in [0.2, 0.25) is 5.02 Å². The summed E-state index contributed by atoms with van der Waals surface area (Å²) in [5, 5.41) is 1.37. The molecule has 0 aliphatic carbocycles. The molecule has 1 saturated heterocycles. The van der Waals surface area contributed by atoms with Gasteiger partial charge in [-0.1, -0.05) is 17.7 Å². The largest absolute Gasteiger partial charge is 0.397 e. The first-order valence-electron chi connectivity index (χ1n) is 6.02. The summed E-state index contributed by atoms with van der Waals surface area (Å²) in [6, 6.07) is 5.58. The van der Waals surface area contributed by atoms with E-state index in [4.69, 9.17) is 22.1 Å². The third-order valence-corrected chi connectivity index (χ3v) is 4.67. The quantitative estimate of drug-likeness (QED) is 0.880. The van der Waals surface area contributed by atoms with Crippen molar-refractivity contribution in [3.05, 3.63) is 28.1 Å². The number of anilines is 1. The van der Waals surface area contributed by atoms with Gasteiger partial charge >= 0.3 is 0 Å². The van der Waals surface area contributed by atoms with Crippen LogP contribution in [0, 0.1) is 0 Å². The number of thiophene rings is 1. The van der Waals surface area contributed by atoms with Crippen LogP contribution in [-0.4, -0.2) is 37.1 Å². The van der Waals surface area contributed by atoms with Gasteiger partial charge in [-0.25, -0.2) is 0 Å². The number of halogens is 1. The van der Waals surface area contributed by atoms with E-state index in [0.29, 0.717) is 41.9 Å². The summed E-state index contributed by atoms with van der Waals surface area (Å²) in [4.78, 5) is 14.8. The number of amides is 1. The Bertz CT molecular complexity index is 635. The molecule has 2 N–H and O–H groups in total. The van der Waals surface area contributed by atoms with Crippen LogP contribution in [0.25, 0.3) is 10.1 Å². The molecule has 0 spiro atoms. The van der Waals surface area contributed by atoms with Gasteiger partial charge < -0.3 is 15.4 Å². The average molecular weight is 297 g/mol. The molecule has 2 heterocycles. The predicted molar refractivity (Wildman–Crippen MR) is 78.0 cm³/mol. The third kappa shape index (κ3) is 2.18. The highest BCUT2D eigenvalue weighted by Gasteiger charge is 2.24. The van der Waals surface area contributed by atoms with Gasteiger partial charge in [0.15, 0.2) is 0 Å². The Kier molecular flexibility index (Phi) is 3.35. The molecule has 4 nitrogen and oxygen atoms in total. The monoisotopic (exact) mass is 296 g/mol. The van der Waals surface area contributed by atoms with Gasteiger partial charge in [0, 0.05) is 23.2 Å². The number of rotatable bonds is 1. The van der Waals surface area contributed by atoms with Gasteiger partial charge in [-0.2, -0.15) is 0 Å². The van der Waals surface area contributed by atoms with Gasteiger partial charge in [-0.15, -0.1) is 11.3 Å². The molecule has 3 rings (SSSR count). The Morgan fingerprint density at radius 2 is 2.11 bits per heavy atom. The molecule has 6 heteroatoms. The number of nitrogens with two attached hydrogens (primary N) is 1. The van der Waals surface area contributed by atoms with Gasteiger partial charge in [0.1, 0.15) is 4.88 Å². The van der Waals surface area contributed by atoms with Crippen molar-refractivity contribution in [2.45, 2.75) is 0 Å². The Morgan fingerprint density at radius 3 is 2.79 bits per heavy atom. The molecule has 1 aliphatic rings. The zero-order chi connectivity index (χ0) is 13.4. The zero-order valence-electron chi connectivity index (χ0n) is 10.2. The van der Waals surface area contributed by atoms with Gasteiger partial charge in [-0.3, -0.25) is 4.79 Å². The fourth-order valence-corrected chi connectivity index (χ4v) is 3.65. The van der Waals surface area contributed by atoms with Gasteiger partial charge in [0.2, 0.25) is 0 Å². The van der Waals surface area contributed by atoms with E-state index in [0.717, 1.165) is 10.1 Å². The molecular weight excluding hydrogens is 284 g/mol. The normalized spacial score (nSPS) is 15.9. The highest BCUT2D eigenvalue weighted by atomic mass is 35.5. The van der Waals surface area contributed by atoms with Gasteiger partial charge in [-0.05, 0) is 12.1 Å². The number of benzene rings is 1. The first-order chi connectivity index (χ1) is 9.18. The zero-order valence-corrected chi connectivity index (χ0v) is 11.8. The van der Waals surface area contributed by atoms with E-state index >= 15 is 0 Å². The second kappa shape index (κ2) is 5.00. The first kappa shape index (κ1) is 12.7. The summed E-state index contributed by atoms with van der Waals surface area (Å²) in [7, 11) is 0. The molecule has 1 fully saturated rings. The molecule has 0 unspecified atom stereocenters. The second-order valence-corrected chi connectivity index (χ2v) is 5.82. The molecule has 19 heavy (non-hydrogen) atoms. The molecule has 1 aliphatic heterocycles. The Morgan fingerprint density at radius 1 is 1.37 bits per heavy atom. The summed E-state index contributed by atoms with van der Waals surface area (Å²) in [6.45, 7) is 2.38. The minimum atomic E-state index is -0.0296. The van der Waals surface area contributed by atoms with Gasteiger partial charge in [0.25, 0.3) is 5.91 Å². The second-order valence-electron chi connectivity index (χ2n) is 4.36. The fourth-order valence-electron chi connectivity index (χ4n) is 2.20. The minimum Gasteiger partial charge on any atom is -0.397 e. The van der Waals surface area contributed by atoms with Crippen LogP contribution in [0.3, 0.4) is 0 Å². The van der Waals surface area contributed by atoms with E-state index in [1.165, 1.54) is 11.3 Å². The lowest BCUT2D eigenvalue weighted by Crippen LogP contribution is -2.40. The number of carbonyl (C=O) groups excluding carboxylic acids is 1. The van der Waals surface area contributed by atoms with Crippen molar-refractivity contribution in [1.29, 1.82) is 0 Å². The third-order valence-electron chi connectivity index (χ3n) is 3.19. The predicted octanol–water partition coefficient (Wildman–Crippen LogP) is 2.61. The molecular formula is C13H13ClN2O2S. The van der Waals surface area contributed by atoms with Crippen LogP contribution in [0.15, 0.2) is 18.2 Å². The van der Waals surface area contributed by atoms with E-state index in [1.54, 1.807) is 11.0 Å². The number of fused-ring (bicyclic) bond motifs is 1. The van der Waals surface area contributed by atoms with Crippen molar-refractivity contribution in [2.75, 3.05) is 32.0 Å². The van der Waals surface area contributed by atoms with Crippen molar-refractivity contribution in [3.8, 4) is 0 Å². The van der Waals surface area contributed by atoms with E-state index < -0.39 is 0 Å². The summed E-state index contributed by atoms with van der Waals surface area (Å²) in [5.41, 5.74) is 6.58. The first-order valence-corrected chi connectivity index (χ1v) is 7.21. The summed E-state index contributed by atoms with van der Waals surface area (Å²) in [5.74, 6) is -0.0296. The SMILES string of the molecule is Nc1c(C(=O)N2CCOCC2)sc2cccc(Cl)c12.